The lowest BCUT2D eigenvalue weighted by Gasteiger charge is -2.09. The van der Waals surface area contributed by atoms with E-state index >= 15 is 0 Å². The lowest BCUT2D eigenvalue weighted by molar-refractivity contribution is 0.0950. The highest BCUT2D eigenvalue weighted by atomic mass is 16.1. The normalized spacial score (nSPS) is 10.4. The van der Waals surface area contributed by atoms with Gasteiger partial charge in [0.15, 0.2) is 0 Å². The first kappa shape index (κ1) is 17.7. The SMILES string of the molecule is Cc1ccc(CNc2cncc(C(=O)NCc3cccc(C)c3)c2)cc1. The number of aromatic nitrogens is 1. The number of anilines is 1. The minimum Gasteiger partial charge on any atom is -0.380 e. The van der Waals surface area contributed by atoms with E-state index in [2.05, 4.69) is 52.9 Å². The molecule has 132 valence electrons. The maximum atomic E-state index is 12.4. The average Bonchev–Trinajstić information content (AvgIpc) is 2.66. The predicted molar refractivity (Wildman–Crippen MR) is 105 cm³/mol. The standard InChI is InChI=1S/C22H23N3O/c1-16-6-8-18(9-7-16)12-24-21-11-20(14-23-15-21)22(26)25-13-19-5-3-4-17(2)10-19/h3-11,14-15,24H,12-13H2,1-2H3,(H,25,26). The Morgan fingerprint density at radius 1 is 0.885 bits per heavy atom. The van der Waals surface area contributed by atoms with E-state index in [9.17, 15) is 4.79 Å². The molecule has 4 nitrogen and oxygen atoms in total. The first-order valence-corrected chi connectivity index (χ1v) is 8.68. The van der Waals surface area contributed by atoms with Crippen molar-refractivity contribution in [3.8, 4) is 0 Å². The number of carbonyl (C=O) groups is 1. The fourth-order valence-electron chi connectivity index (χ4n) is 2.68. The van der Waals surface area contributed by atoms with Gasteiger partial charge in [-0.2, -0.15) is 0 Å². The first-order valence-electron chi connectivity index (χ1n) is 8.68. The topological polar surface area (TPSA) is 54.0 Å². The Hall–Kier alpha value is -3.14. The molecule has 1 amide bonds. The molecule has 2 N–H and O–H groups in total. The molecule has 0 saturated carbocycles. The highest BCUT2D eigenvalue weighted by Gasteiger charge is 2.07. The number of nitrogens with zero attached hydrogens (tertiary/aromatic N) is 1. The van der Waals surface area contributed by atoms with Gasteiger partial charge >= 0.3 is 0 Å². The second-order valence-corrected chi connectivity index (χ2v) is 6.47. The van der Waals surface area contributed by atoms with Crippen molar-refractivity contribution in [2.45, 2.75) is 26.9 Å². The van der Waals surface area contributed by atoms with Gasteiger partial charge in [-0.15, -0.1) is 0 Å². The zero-order chi connectivity index (χ0) is 18.4. The van der Waals surface area contributed by atoms with Gasteiger partial charge in [0.05, 0.1) is 11.3 Å². The van der Waals surface area contributed by atoms with Crippen LogP contribution in [0.1, 0.15) is 32.6 Å². The third-order valence-electron chi connectivity index (χ3n) is 4.15. The van der Waals surface area contributed by atoms with Crippen molar-refractivity contribution >= 4 is 11.6 Å². The van der Waals surface area contributed by atoms with Crippen molar-refractivity contribution in [3.05, 3.63) is 94.8 Å². The van der Waals surface area contributed by atoms with Crippen molar-refractivity contribution in [2.24, 2.45) is 0 Å². The molecule has 1 heterocycles. The molecule has 2 aromatic carbocycles. The van der Waals surface area contributed by atoms with Crippen molar-refractivity contribution in [1.82, 2.24) is 10.3 Å². The Labute approximate surface area is 154 Å². The van der Waals surface area contributed by atoms with Crippen LogP contribution < -0.4 is 10.6 Å². The van der Waals surface area contributed by atoms with Crippen LogP contribution in [0.3, 0.4) is 0 Å². The van der Waals surface area contributed by atoms with E-state index in [0.29, 0.717) is 18.7 Å². The Morgan fingerprint density at radius 3 is 2.46 bits per heavy atom. The minimum atomic E-state index is -0.127. The molecule has 26 heavy (non-hydrogen) atoms. The molecule has 0 bridgehead atoms. The van der Waals surface area contributed by atoms with Gasteiger partial charge in [0, 0.05) is 25.5 Å². The lowest BCUT2D eigenvalue weighted by Crippen LogP contribution is -2.23. The third kappa shape index (κ3) is 4.93. The third-order valence-corrected chi connectivity index (χ3v) is 4.15. The monoisotopic (exact) mass is 345 g/mol. The second-order valence-electron chi connectivity index (χ2n) is 6.47. The van der Waals surface area contributed by atoms with Crippen LogP contribution in [-0.2, 0) is 13.1 Å². The number of hydrogen-bond donors (Lipinski definition) is 2. The van der Waals surface area contributed by atoms with Crippen molar-refractivity contribution in [1.29, 1.82) is 0 Å². The quantitative estimate of drug-likeness (QED) is 0.702. The van der Waals surface area contributed by atoms with E-state index in [1.807, 2.05) is 31.2 Å². The van der Waals surface area contributed by atoms with Gasteiger partial charge < -0.3 is 10.6 Å². The number of hydrogen-bond acceptors (Lipinski definition) is 3. The summed E-state index contributed by atoms with van der Waals surface area (Å²) < 4.78 is 0. The fourth-order valence-corrected chi connectivity index (χ4v) is 2.68. The second kappa shape index (κ2) is 8.30. The highest BCUT2D eigenvalue weighted by Crippen LogP contribution is 2.12. The van der Waals surface area contributed by atoms with Crippen LogP contribution in [0.25, 0.3) is 0 Å². The number of aryl methyl sites for hydroxylation is 2. The Morgan fingerprint density at radius 2 is 1.69 bits per heavy atom. The first-order chi connectivity index (χ1) is 12.6. The van der Waals surface area contributed by atoms with Crippen molar-refractivity contribution < 1.29 is 4.79 Å². The molecule has 0 aliphatic rings. The van der Waals surface area contributed by atoms with Gasteiger partial charge in [0.2, 0.25) is 0 Å². The van der Waals surface area contributed by atoms with E-state index in [-0.39, 0.29) is 5.91 Å². The van der Waals surface area contributed by atoms with Crippen molar-refractivity contribution in [2.75, 3.05) is 5.32 Å². The molecule has 0 unspecified atom stereocenters. The number of nitrogens with one attached hydrogen (secondary N) is 2. The molecule has 0 radical (unpaired) electrons. The molecule has 1 aromatic heterocycles. The Kier molecular flexibility index (Phi) is 5.64. The smallest absolute Gasteiger partial charge is 0.253 e. The molecule has 4 heteroatoms. The van der Waals surface area contributed by atoms with Crippen LogP contribution in [0.4, 0.5) is 5.69 Å². The number of rotatable bonds is 6. The summed E-state index contributed by atoms with van der Waals surface area (Å²) >= 11 is 0. The van der Waals surface area contributed by atoms with E-state index in [1.165, 1.54) is 16.7 Å². The summed E-state index contributed by atoms with van der Waals surface area (Å²) in [7, 11) is 0. The van der Waals surface area contributed by atoms with E-state index < -0.39 is 0 Å². The largest absolute Gasteiger partial charge is 0.380 e. The molecule has 3 aromatic rings. The fraction of sp³-hybridized carbons (Fsp3) is 0.182. The maximum Gasteiger partial charge on any atom is 0.253 e. The molecule has 0 atom stereocenters. The molecular formula is C22H23N3O. The number of pyridine rings is 1. The van der Waals surface area contributed by atoms with E-state index in [0.717, 1.165) is 11.3 Å². The Bertz CT molecular complexity index is 888. The van der Waals surface area contributed by atoms with E-state index in [4.69, 9.17) is 0 Å². The summed E-state index contributed by atoms with van der Waals surface area (Å²) in [5.41, 5.74) is 6.06. The van der Waals surface area contributed by atoms with Gasteiger partial charge in [-0.1, -0.05) is 59.7 Å². The summed E-state index contributed by atoms with van der Waals surface area (Å²) in [6, 6.07) is 18.3. The van der Waals surface area contributed by atoms with Gasteiger partial charge in [-0.05, 0) is 31.0 Å². The molecular weight excluding hydrogens is 322 g/mol. The summed E-state index contributed by atoms with van der Waals surface area (Å²) in [6.45, 7) is 5.30. The van der Waals surface area contributed by atoms with Gasteiger partial charge in [-0.3, -0.25) is 9.78 Å². The lowest BCUT2D eigenvalue weighted by atomic mass is 10.1. The molecule has 0 spiro atoms. The number of benzene rings is 2. The Balaban J connectivity index is 1.59. The van der Waals surface area contributed by atoms with Crippen LogP contribution >= 0.6 is 0 Å². The predicted octanol–water partition coefficient (Wildman–Crippen LogP) is 4.24. The highest BCUT2D eigenvalue weighted by molar-refractivity contribution is 5.94. The molecule has 0 aliphatic carbocycles. The van der Waals surface area contributed by atoms with Gasteiger partial charge in [0.1, 0.15) is 0 Å². The van der Waals surface area contributed by atoms with Crippen LogP contribution in [0.5, 0.6) is 0 Å². The van der Waals surface area contributed by atoms with Crippen molar-refractivity contribution in [3.63, 3.8) is 0 Å². The summed E-state index contributed by atoms with van der Waals surface area (Å²) in [6.07, 6.45) is 3.31. The van der Waals surface area contributed by atoms with Crippen LogP contribution in [0, 0.1) is 13.8 Å². The molecule has 0 aliphatic heterocycles. The summed E-state index contributed by atoms with van der Waals surface area (Å²) in [5, 5.41) is 6.26. The zero-order valence-corrected chi connectivity index (χ0v) is 15.1. The maximum absolute atomic E-state index is 12.4. The average molecular weight is 345 g/mol. The van der Waals surface area contributed by atoms with E-state index in [1.54, 1.807) is 12.4 Å². The molecule has 0 saturated heterocycles. The summed E-state index contributed by atoms with van der Waals surface area (Å²) in [4.78, 5) is 16.6. The molecule has 0 fully saturated rings. The number of amides is 1. The number of carbonyl (C=O) groups excluding carboxylic acids is 1. The molecule has 3 rings (SSSR count). The van der Waals surface area contributed by atoms with Crippen LogP contribution in [0.2, 0.25) is 0 Å². The van der Waals surface area contributed by atoms with Gasteiger partial charge in [0.25, 0.3) is 5.91 Å². The van der Waals surface area contributed by atoms with Crippen LogP contribution in [0.15, 0.2) is 67.0 Å². The zero-order valence-electron chi connectivity index (χ0n) is 15.1. The van der Waals surface area contributed by atoms with Crippen LogP contribution in [-0.4, -0.2) is 10.9 Å². The summed E-state index contributed by atoms with van der Waals surface area (Å²) in [5.74, 6) is -0.127. The van der Waals surface area contributed by atoms with Gasteiger partial charge in [-0.25, -0.2) is 0 Å². The minimum absolute atomic E-state index is 0.127.